The molecule has 2 heterocycles. The number of carbonyl (C=O) groups excluding carboxylic acids is 2. The molecule has 1 amide bonds. The van der Waals surface area contributed by atoms with E-state index in [-0.39, 0.29) is 16.3 Å². The van der Waals surface area contributed by atoms with Crippen LogP contribution in [0.5, 0.6) is 5.75 Å². The van der Waals surface area contributed by atoms with E-state index in [2.05, 4.69) is 20.8 Å². The topological polar surface area (TPSA) is 108 Å². The van der Waals surface area contributed by atoms with Crippen molar-refractivity contribution in [2.24, 2.45) is 0 Å². The second-order valence-electron chi connectivity index (χ2n) is 5.69. The highest BCUT2D eigenvalue weighted by Gasteiger charge is 2.24. The molecule has 0 aliphatic rings. The van der Waals surface area contributed by atoms with Gasteiger partial charge in [0, 0.05) is 10.9 Å². The molecule has 0 saturated carbocycles. The van der Waals surface area contributed by atoms with Crippen LogP contribution in [0.4, 0.5) is 5.00 Å². The van der Waals surface area contributed by atoms with E-state index in [0.29, 0.717) is 16.3 Å². The lowest BCUT2D eigenvalue weighted by Crippen LogP contribution is -2.15. The summed E-state index contributed by atoms with van der Waals surface area (Å²) in [5, 5.41) is 14.3. The number of aromatic nitrogens is 4. The zero-order chi connectivity index (χ0) is 20.4. The average molecular weight is 422 g/mol. The van der Waals surface area contributed by atoms with E-state index in [9.17, 15) is 9.59 Å². The Morgan fingerprint density at radius 1 is 1.25 bits per heavy atom. The van der Waals surface area contributed by atoms with Crippen molar-refractivity contribution >= 4 is 39.8 Å². The predicted molar refractivity (Wildman–Crippen MR) is 104 cm³/mol. The van der Waals surface area contributed by atoms with Crippen LogP contribution in [-0.2, 0) is 4.74 Å². The molecule has 0 unspecified atom stereocenters. The van der Waals surface area contributed by atoms with Gasteiger partial charge in [0.05, 0.1) is 36.1 Å². The van der Waals surface area contributed by atoms with Crippen molar-refractivity contribution in [1.82, 2.24) is 20.2 Å². The first-order chi connectivity index (χ1) is 13.4. The molecule has 0 spiro atoms. The molecule has 3 aromatic rings. The molecule has 0 aliphatic carbocycles. The Bertz CT molecular complexity index is 1050. The molecular weight excluding hydrogens is 406 g/mol. The summed E-state index contributed by atoms with van der Waals surface area (Å²) in [6.07, 6.45) is 1.38. The van der Waals surface area contributed by atoms with Gasteiger partial charge >= 0.3 is 5.97 Å². The van der Waals surface area contributed by atoms with Crippen LogP contribution < -0.4 is 10.1 Å². The smallest absolute Gasteiger partial charge is 0.341 e. The van der Waals surface area contributed by atoms with Crippen molar-refractivity contribution < 1.29 is 19.1 Å². The zero-order valence-corrected chi connectivity index (χ0v) is 17.0. The molecule has 28 heavy (non-hydrogen) atoms. The van der Waals surface area contributed by atoms with Crippen molar-refractivity contribution in [2.75, 3.05) is 19.5 Å². The molecule has 0 saturated heterocycles. The molecule has 146 valence electrons. The molecule has 3 rings (SSSR count). The third-order valence-electron chi connectivity index (χ3n) is 4.11. The fourth-order valence-electron chi connectivity index (χ4n) is 2.57. The molecule has 2 aromatic heterocycles. The third kappa shape index (κ3) is 3.56. The summed E-state index contributed by atoms with van der Waals surface area (Å²) in [5.74, 6) is -0.721. The highest BCUT2D eigenvalue weighted by atomic mass is 35.5. The van der Waals surface area contributed by atoms with Gasteiger partial charge in [0.1, 0.15) is 17.1 Å². The number of hydrogen-bond acceptors (Lipinski definition) is 8. The largest absolute Gasteiger partial charge is 0.496 e. The number of thiophene rings is 1. The Morgan fingerprint density at radius 3 is 2.61 bits per heavy atom. The first kappa shape index (κ1) is 19.8. The fraction of sp³-hybridized carbons (Fsp3) is 0.235. The number of hydrogen-bond donors (Lipinski definition) is 1. The Morgan fingerprint density at radius 2 is 2.00 bits per heavy atom. The van der Waals surface area contributed by atoms with E-state index in [1.54, 1.807) is 13.0 Å². The molecule has 11 heteroatoms. The van der Waals surface area contributed by atoms with Gasteiger partial charge in [-0.05, 0) is 35.9 Å². The summed E-state index contributed by atoms with van der Waals surface area (Å²) in [7, 11) is 2.73. The van der Waals surface area contributed by atoms with E-state index in [1.165, 1.54) is 42.6 Å². The van der Waals surface area contributed by atoms with Crippen LogP contribution in [0.15, 0.2) is 18.5 Å². The molecule has 1 aromatic carbocycles. The normalized spacial score (nSPS) is 10.6. The van der Waals surface area contributed by atoms with Crippen LogP contribution in [0.25, 0.3) is 5.69 Å². The van der Waals surface area contributed by atoms with Crippen molar-refractivity contribution in [3.8, 4) is 11.4 Å². The number of nitrogens with one attached hydrogen (secondary N) is 1. The van der Waals surface area contributed by atoms with Gasteiger partial charge in [-0.3, -0.25) is 4.79 Å². The van der Waals surface area contributed by atoms with Crippen LogP contribution in [0, 0.1) is 13.8 Å². The highest BCUT2D eigenvalue weighted by Crippen LogP contribution is 2.35. The minimum atomic E-state index is -0.517. The standard InChI is InChI=1S/C17H16ClN5O4S/c1-8-9(2)28-16(14(8)17(25)27-4)20-15(24)10-5-11(18)12(6-13(10)26-3)23-7-19-21-22-23/h5-7H,1-4H3,(H,20,24). The number of nitrogens with zero attached hydrogens (tertiary/aromatic N) is 4. The van der Waals surface area contributed by atoms with Crippen LogP contribution >= 0.6 is 22.9 Å². The number of rotatable bonds is 5. The van der Waals surface area contributed by atoms with Gasteiger partial charge in [0.15, 0.2) is 0 Å². The van der Waals surface area contributed by atoms with Gasteiger partial charge in [0.25, 0.3) is 5.91 Å². The number of benzene rings is 1. The maximum absolute atomic E-state index is 12.9. The summed E-state index contributed by atoms with van der Waals surface area (Å²) >= 11 is 7.60. The second kappa shape index (κ2) is 7.95. The Balaban J connectivity index is 1.99. The predicted octanol–water partition coefficient (Wildman–Crippen LogP) is 3.04. The SMILES string of the molecule is COC(=O)c1c(NC(=O)c2cc(Cl)c(-n3cnnn3)cc2OC)sc(C)c1C. The van der Waals surface area contributed by atoms with Crippen molar-refractivity contribution in [3.63, 3.8) is 0 Å². The maximum Gasteiger partial charge on any atom is 0.341 e. The fourth-order valence-corrected chi connectivity index (χ4v) is 3.86. The van der Waals surface area contributed by atoms with Gasteiger partial charge < -0.3 is 14.8 Å². The molecular formula is C17H16ClN5O4S. The summed E-state index contributed by atoms with van der Waals surface area (Å²) < 4.78 is 11.5. The molecule has 0 bridgehead atoms. The number of carbonyl (C=O) groups is 2. The number of anilines is 1. The number of amides is 1. The number of methoxy groups -OCH3 is 2. The first-order valence-corrected chi connectivity index (χ1v) is 9.17. The van der Waals surface area contributed by atoms with E-state index in [4.69, 9.17) is 21.1 Å². The van der Waals surface area contributed by atoms with Gasteiger partial charge in [-0.1, -0.05) is 11.6 Å². The van der Waals surface area contributed by atoms with Gasteiger partial charge in [-0.15, -0.1) is 16.4 Å². The quantitative estimate of drug-likeness (QED) is 0.630. The van der Waals surface area contributed by atoms with Crippen molar-refractivity contribution in [1.29, 1.82) is 0 Å². The number of halogens is 1. The van der Waals surface area contributed by atoms with Crippen molar-refractivity contribution in [3.05, 3.63) is 45.1 Å². The number of tetrazole rings is 1. The molecule has 0 fully saturated rings. The molecule has 0 aliphatic heterocycles. The molecule has 0 atom stereocenters. The lowest BCUT2D eigenvalue weighted by molar-refractivity contribution is 0.0601. The van der Waals surface area contributed by atoms with Crippen LogP contribution in [0.3, 0.4) is 0 Å². The van der Waals surface area contributed by atoms with Crippen molar-refractivity contribution in [2.45, 2.75) is 13.8 Å². The Kier molecular flexibility index (Phi) is 5.61. The summed E-state index contributed by atoms with van der Waals surface area (Å²) in [4.78, 5) is 25.9. The van der Waals surface area contributed by atoms with Gasteiger partial charge in [0.2, 0.25) is 0 Å². The minimum absolute atomic E-state index is 0.198. The second-order valence-corrected chi connectivity index (χ2v) is 7.32. The van der Waals surface area contributed by atoms with Gasteiger partial charge in [-0.2, -0.15) is 4.68 Å². The summed E-state index contributed by atoms with van der Waals surface area (Å²) in [6.45, 7) is 3.66. The lowest BCUT2D eigenvalue weighted by atomic mass is 10.1. The Labute approximate surface area is 169 Å². The monoisotopic (exact) mass is 421 g/mol. The van der Waals surface area contributed by atoms with Crippen LogP contribution in [0.1, 0.15) is 31.2 Å². The number of esters is 1. The number of ether oxygens (including phenoxy) is 2. The van der Waals surface area contributed by atoms with E-state index in [1.807, 2.05) is 6.92 Å². The van der Waals surface area contributed by atoms with E-state index in [0.717, 1.165) is 10.4 Å². The zero-order valence-electron chi connectivity index (χ0n) is 15.4. The molecule has 0 radical (unpaired) electrons. The first-order valence-electron chi connectivity index (χ1n) is 7.97. The Hall–Kier alpha value is -2.98. The highest BCUT2D eigenvalue weighted by molar-refractivity contribution is 7.16. The third-order valence-corrected chi connectivity index (χ3v) is 5.54. The molecule has 9 nitrogen and oxygen atoms in total. The average Bonchev–Trinajstić information content (AvgIpc) is 3.30. The summed E-state index contributed by atoms with van der Waals surface area (Å²) in [5.41, 5.74) is 1.74. The lowest BCUT2D eigenvalue weighted by Gasteiger charge is -2.12. The van der Waals surface area contributed by atoms with Gasteiger partial charge in [-0.25, -0.2) is 4.79 Å². The van der Waals surface area contributed by atoms with E-state index >= 15 is 0 Å². The summed E-state index contributed by atoms with van der Waals surface area (Å²) in [6, 6.07) is 3.01. The minimum Gasteiger partial charge on any atom is -0.496 e. The van der Waals surface area contributed by atoms with Crippen LogP contribution in [0.2, 0.25) is 5.02 Å². The van der Waals surface area contributed by atoms with Crippen LogP contribution in [-0.4, -0.2) is 46.3 Å². The van der Waals surface area contributed by atoms with E-state index < -0.39 is 11.9 Å². The molecule has 1 N–H and O–H groups in total. The maximum atomic E-state index is 12.9. The number of aryl methyl sites for hydroxylation is 1.